The summed E-state index contributed by atoms with van der Waals surface area (Å²) in [7, 11) is 0. The first-order chi connectivity index (χ1) is 8.25. The summed E-state index contributed by atoms with van der Waals surface area (Å²) < 4.78 is 0. The molecule has 3 N–H and O–H groups in total. The van der Waals surface area contributed by atoms with Gasteiger partial charge in [0.2, 0.25) is 0 Å². The fraction of sp³-hybridized carbons (Fsp3) is 0.357. The van der Waals surface area contributed by atoms with Crippen molar-refractivity contribution in [1.29, 1.82) is 0 Å². The van der Waals surface area contributed by atoms with Gasteiger partial charge in [0.1, 0.15) is 5.60 Å². The van der Waals surface area contributed by atoms with Gasteiger partial charge < -0.3 is 10.8 Å². The largest absolute Gasteiger partial charge is 0.383 e. The Hall–Kier alpha value is -1.45. The van der Waals surface area contributed by atoms with E-state index in [0.29, 0.717) is 5.92 Å². The van der Waals surface area contributed by atoms with E-state index in [1.807, 2.05) is 30.3 Å². The molecule has 0 radical (unpaired) electrons. The van der Waals surface area contributed by atoms with E-state index < -0.39 is 5.60 Å². The summed E-state index contributed by atoms with van der Waals surface area (Å²) in [5, 5.41) is 11.8. The van der Waals surface area contributed by atoms with Gasteiger partial charge in [0, 0.05) is 23.7 Å². The van der Waals surface area contributed by atoms with E-state index in [2.05, 4.69) is 4.98 Å². The van der Waals surface area contributed by atoms with Crippen molar-refractivity contribution in [1.82, 2.24) is 4.98 Å². The number of fused-ring (bicyclic) bond motifs is 1. The molecule has 88 valence electrons. The molecule has 3 rings (SSSR count). The number of benzene rings is 1. The molecule has 0 spiro atoms. The Bertz CT molecular complexity index is 545. The van der Waals surface area contributed by atoms with Crippen LogP contribution < -0.4 is 5.73 Å². The SMILES string of the molecule is NCC(O)(c1cccc2cccnc12)C1CC1. The van der Waals surface area contributed by atoms with Crippen LogP contribution in [0.1, 0.15) is 18.4 Å². The number of nitrogens with zero attached hydrogens (tertiary/aromatic N) is 1. The van der Waals surface area contributed by atoms with Crippen molar-refractivity contribution in [2.75, 3.05) is 6.54 Å². The highest BCUT2D eigenvalue weighted by atomic mass is 16.3. The zero-order valence-corrected chi connectivity index (χ0v) is 9.63. The lowest BCUT2D eigenvalue weighted by molar-refractivity contribution is 0.0235. The first-order valence-corrected chi connectivity index (χ1v) is 6.02. The number of hydrogen-bond donors (Lipinski definition) is 2. The highest BCUT2D eigenvalue weighted by molar-refractivity contribution is 5.82. The van der Waals surface area contributed by atoms with Gasteiger partial charge in [-0.25, -0.2) is 0 Å². The molecule has 1 fully saturated rings. The number of hydrogen-bond acceptors (Lipinski definition) is 3. The summed E-state index contributed by atoms with van der Waals surface area (Å²) in [6.07, 6.45) is 3.86. The normalized spacial score (nSPS) is 19.2. The van der Waals surface area contributed by atoms with Crippen LogP contribution in [0.2, 0.25) is 0 Å². The second kappa shape index (κ2) is 3.79. The maximum Gasteiger partial charge on any atom is 0.107 e. The molecule has 0 aliphatic heterocycles. The molecule has 1 aromatic carbocycles. The van der Waals surface area contributed by atoms with Gasteiger partial charge in [-0.2, -0.15) is 0 Å². The number of rotatable bonds is 3. The predicted molar refractivity (Wildman–Crippen MR) is 67.4 cm³/mol. The second-order valence-electron chi connectivity index (χ2n) is 4.78. The van der Waals surface area contributed by atoms with E-state index in [1.165, 1.54) is 0 Å². The lowest BCUT2D eigenvalue weighted by atomic mass is 9.87. The molecular formula is C14H16N2O. The Kier molecular flexibility index (Phi) is 2.38. The summed E-state index contributed by atoms with van der Waals surface area (Å²) in [4.78, 5) is 4.39. The fourth-order valence-corrected chi connectivity index (χ4v) is 2.51. The molecular weight excluding hydrogens is 212 g/mol. The van der Waals surface area contributed by atoms with Crippen LogP contribution in [-0.4, -0.2) is 16.6 Å². The van der Waals surface area contributed by atoms with Gasteiger partial charge in [-0.05, 0) is 24.8 Å². The molecule has 2 aromatic rings. The summed E-state index contributed by atoms with van der Waals surface area (Å²) >= 11 is 0. The van der Waals surface area contributed by atoms with Gasteiger partial charge in [0.15, 0.2) is 0 Å². The Morgan fingerprint density at radius 1 is 1.29 bits per heavy atom. The van der Waals surface area contributed by atoms with Crippen LogP contribution in [-0.2, 0) is 5.60 Å². The topological polar surface area (TPSA) is 59.1 Å². The van der Waals surface area contributed by atoms with E-state index in [-0.39, 0.29) is 6.54 Å². The van der Waals surface area contributed by atoms with Gasteiger partial charge in [0.05, 0.1) is 5.52 Å². The Morgan fingerprint density at radius 3 is 2.76 bits per heavy atom. The summed E-state index contributed by atoms with van der Waals surface area (Å²) in [5.41, 5.74) is 6.63. The number of aliphatic hydroxyl groups is 1. The van der Waals surface area contributed by atoms with Crippen LogP contribution in [0.15, 0.2) is 36.5 Å². The van der Waals surface area contributed by atoms with E-state index in [9.17, 15) is 5.11 Å². The number of pyridine rings is 1. The van der Waals surface area contributed by atoms with Gasteiger partial charge in [0.25, 0.3) is 0 Å². The Labute approximate surface area is 100 Å². The smallest absolute Gasteiger partial charge is 0.107 e. The highest BCUT2D eigenvalue weighted by Crippen LogP contribution is 2.46. The van der Waals surface area contributed by atoms with E-state index in [4.69, 9.17) is 5.73 Å². The van der Waals surface area contributed by atoms with E-state index >= 15 is 0 Å². The maximum absolute atomic E-state index is 10.8. The monoisotopic (exact) mass is 228 g/mol. The molecule has 3 nitrogen and oxygen atoms in total. The molecule has 1 unspecified atom stereocenters. The van der Waals surface area contributed by atoms with Gasteiger partial charge in [-0.15, -0.1) is 0 Å². The molecule has 0 saturated heterocycles. The number of para-hydroxylation sites is 1. The van der Waals surface area contributed by atoms with Gasteiger partial charge >= 0.3 is 0 Å². The van der Waals surface area contributed by atoms with Gasteiger partial charge in [-0.3, -0.25) is 4.98 Å². The molecule has 0 bridgehead atoms. The van der Waals surface area contributed by atoms with Crippen molar-refractivity contribution in [3.8, 4) is 0 Å². The molecule has 17 heavy (non-hydrogen) atoms. The van der Waals surface area contributed by atoms with Crippen LogP contribution in [0.5, 0.6) is 0 Å². The molecule has 1 aliphatic carbocycles. The average Bonchev–Trinajstić information content (AvgIpc) is 3.22. The lowest BCUT2D eigenvalue weighted by Gasteiger charge is -2.27. The molecule has 1 atom stereocenters. The standard InChI is InChI=1S/C14H16N2O/c15-9-14(17,11-6-7-11)12-5-1-3-10-4-2-8-16-13(10)12/h1-5,8,11,17H,6-7,9,15H2. The first kappa shape index (κ1) is 10.7. The summed E-state index contributed by atoms with van der Waals surface area (Å²) in [6, 6.07) is 9.83. The minimum Gasteiger partial charge on any atom is -0.383 e. The molecule has 3 heteroatoms. The van der Waals surface area contributed by atoms with Crippen molar-refractivity contribution >= 4 is 10.9 Å². The number of aromatic nitrogens is 1. The van der Waals surface area contributed by atoms with Crippen molar-refractivity contribution in [3.05, 3.63) is 42.1 Å². The van der Waals surface area contributed by atoms with E-state index in [1.54, 1.807) is 6.20 Å². The molecule has 0 amide bonds. The summed E-state index contributed by atoms with van der Waals surface area (Å²) in [5.74, 6) is 0.292. The Balaban J connectivity index is 2.22. The van der Waals surface area contributed by atoms with Crippen molar-refractivity contribution in [2.45, 2.75) is 18.4 Å². The lowest BCUT2D eigenvalue weighted by Crippen LogP contribution is -2.37. The van der Waals surface area contributed by atoms with Crippen molar-refractivity contribution in [3.63, 3.8) is 0 Å². The van der Waals surface area contributed by atoms with Gasteiger partial charge in [-0.1, -0.05) is 24.3 Å². The average molecular weight is 228 g/mol. The van der Waals surface area contributed by atoms with Crippen LogP contribution in [0.25, 0.3) is 10.9 Å². The van der Waals surface area contributed by atoms with Crippen LogP contribution >= 0.6 is 0 Å². The molecule has 1 aliphatic rings. The van der Waals surface area contributed by atoms with Crippen LogP contribution in [0.3, 0.4) is 0 Å². The highest BCUT2D eigenvalue weighted by Gasteiger charge is 2.45. The molecule has 1 aromatic heterocycles. The predicted octanol–water partition coefficient (Wildman–Crippen LogP) is 1.79. The third kappa shape index (κ3) is 1.63. The third-order valence-electron chi connectivity index (χ3n) is 3.66. The minimum absolute atomic E-state index is 0.257. The second-order valence-corrected chi connectivity index (χ2v) is 4.78. The minimum atomic E-state index is -0.909. The fourth-order valence-electron chi connectivity index (χ4n) is 2.51. The van der Waals surface area contributed by atoms with E-state index in [0.717, 1.165) is 29.3 Å². The number of nitrogens with two attached hydrogens (primary N) is 1. The quantitative estimate of drug-likeness (QED) is 0.842. The zero-order valence-electron chi connectivity index (χ0n) is 9.63. The van der Waals surface area contributed by atoms with Crippen molar-refractivity contribution in [2.24, 2.45) is 11.7 Å². The molecule has 1 saturated carbocycles. The Morgan fingerprint density at radius 2 is 2.06 bits per heavy atom. The summed E-state index contributed by atoms with van der Waals surface area (Å²) in [6.45, 7) is 0.257. The third-order valence-corrected chi connectivity index (χ3v) is 3.66. The van der Waals surface area contributed by atoms with Crippen molar-refractivity contribution < 1.29 is 5.11 Å². The molecule has 1 heterocycles. The first-order valence-electron chi connectivity index (χ1n) is 6.02. The van der Waals surface area contributed by atoms with Crippen LogP contribution in [0.4, 0.5) is 0 Å². The zero-order chi connectivity index (χ0) is 11.9. The maximum atomic E-state index is 10.8. The van der Waals surface area contributed by atoms with Crippen LogP contribution in [0, 0.1) is 5.92 Å².